The van der Waals surface area contributed by atoms with E-state index < -0.39 is 0 Å². The number of halogens is 1. The Labute approximate surface area is 172 Å². The van der Waals surface area contributed by atoms with Gasteiger partial charge in [0.05, 0.1) is 25.5 Å². The van der Waals surface area contributed by atoms with Gasteiger partial charge in [0.1, 0.15) is 5.82 Å². The molecule has 0 unspecified atom stereocenters. The van der Waals surface area contributed by atoms with Gasteiger partial charge in [0.25, 0.3) is 0 Å². The summed E-state index contributed by atoms with van der Waals surface area (Å²) < 4.78 is 8.15. The molecule has 0 aliphatic carbocycles. The third-order valence-corrected chi connectivity index (χ3v) is 5.64. The van der Waals surface area contributed by atoms with Crippen LogP contribution in [0.5, 0.6) is 0 Å². The number of imidazole rings is 1. The van der Waals surface area contributed by atoms with Gasteiger partial charge in [-0.05, 0) is 22.4 Å². The molecule has 2 aromatic rings. The number of amides is 1. The van der Waals surface area contributed by atoms with E-state index in [0.717, 1.165) is 53.8 Å². The van der Waals surface area contributed by atoms with Crippen LogP contribution in [0.25, 0.3) is 0 Å². The van der Waals surface area contributed by atoms with Crippen molar-refractivity contribution in [2.24, 2.45) is 0 Å². The highest BCUT2D eigenvalue weighted by molar-refractivity contribution is 9.10. The molecular weight excluding hydrogens is 426 g/mol. The Morgan fingerprint density at radius 1 is 1.25 bits per heavy atom. The molecule has 9 nitrogen and oxygen atoms in total. The predicted octanol–water partition coefficient (Wildman–Crippen LogP) is 2.25. The average Bonchev–Trinajstić information content (AvgIpc) is 3.29. The lowest BCUT2D eigenvalue weighted by molar-refractivity contribution is -0.135. The predicted molar refractivity (Wildman–Crippen MR) is 108 cm³/mol. The van der Waals surface area contributed by atoms with E-state index in [1.54, 1.807) is 0 Å². The van der Waals surface area contributed by atoms with Gasteiger partial charge in [-0.3, -0.25) is 14.3 Å². The molecule has 2 aliphatic heterocycles. The number of carbonyl (C=O) groups is 1. The number of nitrogens with one attached hydrogen (secondary N) is 1. The molecule has 1 N–H and O–H groups in total. The Morgan fingerprint density at radius 3 is 2.86 bits per heavy atom. The van der Waals surface area contributed by atoms with Gasteiger partial charge >= 0.3 is 0 Å². The molecule has 4 heterocycles. The lowest BCUT2D eigenvalue weighted by Crippen LogP contribution is -2.40. The van der Waals surface area contributed by atoms with E-state index in [9.17, 15) is 4.79 Å². The number of H-pyrrole nitrogens is 1. The molecule has 2 aliphatic rings. The molecule has 0 aromatic carbocycles. The lowest BCUT2D eigenvalue weighted by Gasteiger charge is -2.28. The van der Waals surface area contributed by atoms with Crippen molar-refractivity contribution in [1.82, 2.24) is 29.6 Å². The molecule has 10 heteroatoms. The molecule has 0 atom stereocenters. The highest BCUT2D eigenvalue weighted by Gasteiger charge is 2.30. The maximum absolute atomic E-state index is 12.5. The molecule has 1 saturated heterocycles. The van der Waals surface area contributed by atoms with Crippen LogP contribution in [0.15, 0.2) is 4.73 Å². The SMILES string of the molecule is CCCCCN1c2nc(Br)[nH]c2Cn2c(CCC(=O)N3CCOCC3)nnc21. The topological polar surface area (TPSA) is 92.2 Å². The number of morpholine rings is 1. The van der Waals surface area contributed by atoms with Crippen molar-refractivity contribution in [2.75, 3.05) is 37.7 Å². The van der Waals surface area contributed by atoms with E-state index >= 15 is 0 Å². The van der Waals surface area contributed by atoms with Crippen molar-refractivity contribution in [1.29, 1.82) is 0 Å². The molecule has 0 saturated carbocycles. The Bertz CT molecular complexity index is 828. The third-order valence-electron chi connectivity index (χ3n) is 5.26. The summed E-state index contributed by atoms with van der Waals surface area (Å²) >= 11 is 3.45. The fraction of sp³-hybridized carbons (Fsp3) is 0.667. The fourth-order valence-electron chi connectivity index (χ4n) is 3.74. The van der Waals surface area contributed by atoms with Crippen molar-refractivity contribution < 1.29 is 9.53 Å². The highest BCUT2D eigenvalue weighted by Crippen LogP contribution is 2.34. The number of nitrogens with zero attached hydrogens (tertiary/aromatic N) is 6. The third kappa shape index (κ3) is 3.93. The number of carbonyl (C=O) groups excluding carboxylic acids is 1. The number of aromatic amines is 1. The number of fused-ring (bicyclic) bond motifs is 2. The van der Waals surface area contributed by atoms with E-state index in [1.807, 2.05) is 4.90 Å². The summed E-state index contributed by atoms with van der Waals surface area (Å²) in [7, 11) is 0. The highest BCUT2D eigenvalue weighted by atomic mass is 79.9. The summed E-state index contributed by atoms with van der Waals surface area (Å²) in [6.45, 7) is 6.27. The quantitative estimate of drug-likeness (QED) is 0.648. The van der Waals surface area contributed by atoms with Gasteiger partial charge in [-0.2, -0.15) is 0 Å². The molecule has 2 aromatic heterocycles. The van der Waals surface area contributed by atoms with E-state index in [1.165, 1.54) is 0 Å². The van der Waals surface area contributed by atoms with Gasteiger partial charge in [0.2, 0.25) is 11.9 Å². The normalized spacial score (nSPS) is 16.2. The molecule has 0 radical (unpaired) electrons. The summed E-state index contributed by atoms with van der Waals surface area (Å²) in [6, 6.07) is 0. The first-order valence-corrected chi connectivity index (χ1v) is 10.8. The summed E-state index contributed by atoms with van der Waals surface area (Å²) in [5, 5.41) is 8.84. The molecule has 1 fully saturated rings. The zero-order valence-electron chi connectivity index (χ0n) is 16.2. The van der Waals surface area contributed by atoms with Crippen LogP contribution in [0, 0.1) is 0 Å². The van der Waals surface area contributed by atoms with E-state index in [2.05, 4.69) is 52.5 Å². The second-order valence-corrected chi connectivity index (χ2v) is 7.94. The minimum atomic E-state index is 0.154. The van der Waals surface area contributed by atoms with Crippen molar-refractivity contribution >= 4 is 33.6 Å². The van der Waals surface area contributed by atoms with Crippen molar-refractivity contribution in [3.05, 3.63) is 16.3 Å². The van der Waals surface area contributed by atoms with E-state index in [0.29, 0.717) is 45.7 Å². The van der Waals surface area contributed by atoms with Gasteiger partial charge < -0.3 is 14.6 Å². The Kier molecular flexibility index (Phi) is 5.96. The monoisotopic (exact) mass is 451 g/mol. The largest absolute Gasteiger partial charge is 0.378 e. The first kappa shape index (κ1) is 19.4. The van der Waals surface area contributed by atoms with E-state index in [4.69, 9.17) is 4.74 Å². The molecule has 28 heavy (non-hydrogen) atoms. The van der Waals surface area contributed by atoms with Crippen molar-refractivity contribution in [3.63, 3.8) is 0 Å². The second-order valence-electron chi connectivity index (χ2n) is 7.18. The molecule has 4 rings (SSSR count). The van der Waals surface area contributed by atoms with Crippen LogP contribution in [-0.4, -0.2) is 68.4 Å². The molecule has 152 valence electrons. The molecule has 1 amide bonds. The first-order valence-electron chi connectivity index (χ1n) is 9.97. The summed E-state index contributed by atoms with van der Waals surface area (Å²) in [5.41, 5.74) is 1.04. The van der Waals surface area contributed by atoms with Crippen LogP contribution in [0.2, 0.25) is 0 Å². The summed E-state index contributed by atoms with van der Waals surface area (Å²) in [6.07, 6.45) is 4.40. The number of aromatic nitrogens is 5. The zero-order valence-corrected chi connectivity index (χ0v) is 17.7. The van der Waals surface area contributed by atoms with Gasteiger partial charge in [0, 0.05) is 32.5 Å². The summed E-state index contributed by atoms with van der Waals surface area (Å²) in [4.78, 5) is 24.4. The second kappa shape index (κ2) is 8.60. The number of ether oxygens (including phenoxy) is 1. The Hall–Kier alpha value is -1.94. The summed E-state index contributed by atoms with van der Waals surface area (Å²) in [5.74, 6) is 2.73. The molecule has 0 bridgehead atoms. The van der Waals surface area contributed by atoms with Crippen LogP contribution in [0.3, 0.4) is 0 Å². The van der Waals surface area contributed by atoms with Crippen molar-refractivity contribution in [3.8, 4) is 0 Å². The minimum absolute atomic E-state index is 0.154. The fourth-order valence-corrected chi connectivity index (χ4v) is 4.15. The minimum Gasteiger partial charge on any atom is -0.378 e. The molecule has 0 spiro atoms. The number of aryl methyl sites for hydroxylation is 1. The van der Waals surface area contributed by atoms with Gasteiger partial charge in [-0.15, -0.1) is 10.2 Å². The van der Waals surface area contributed by atoms with Gasteiger partial charge in [-0.1, -0.05) is 19.8 Å². The van der Waals surface area contributed by atoms with Gasteiger partial charge in [0.15, 0.2) is 10.6 Å². The lowest BCUT2D eigenvalue weighted by atomic mass is 10.2. The zero-order chi connectivity index (χ0) is 19.5. The number of unbranched alkanes of at least 4 members (excludes halogenated alkanes) is 2. The van der Waals surface area contributed by atoms with Crippen LogP contribution in [0.4, 0.5) is 11.8 Å². The average molecular weight is 452 g/mol. The van der Waals surface area contributed by atoms with Gasteiger partial charge in [-0.25, -0.2) is 4.98 Å². The first-order chi connectivity index (χ1) is 13.7. The van der Waals surface area contributed by atoms with E-state index in [-0.39, 0.29) is 5.91 Å². The number of hydrogen-bond acceptors (Lipinski definition) is 6. The van der Waals surface area contributed by atoms with Crippen LogP contribution < -0.4 is 4.90 Å². The number of anilines is 2. The standard InChI is InChI=1S/C18H26BrN7O2/c1-2-3-4-7-25-16-13(20-17(19)21-16)12-26-14(22-23-18(25)26)5-6-15(27)24-8-10-28-11-9-24/h2-12H2,1H3,(H,20,21). The van der Waals surface area contributed by atoms with Crippen LogP contribution in [0.1, 0.15) is 44.1 Å². The van der Waals surface area contributed by atoms with Crippen molar-refractivity contribution in [2.45, 2.75) is 45.6 Å². The number of hydrogen-bond donors (Lipinski definition) is 1. The van der Waals surface area contributed by atoms with Crippen LogP contribution >= 0.6 is 15.9 Å². The Balaban J connectivity index is 1.49. The number of rotatable bonds is 7. The maximum Gasteiger partial charge on any atom is 0.233 e. The smallest absolute Gasteiger partial charge is 0.233 e. The molecular formula is C18H26BrN7O2. The maximum atomic E-state index is 12.5. The Morgan fingerprint density at radius 2 is 2.07 bits per heavy atom. The van der Waals surface area contributed by atoms with Crippen LogP contribution in [-0.2, 0) is 22.5 Å².